The molecule has 1 aliphatic carbocycles. The van der Waals surface area contributed by atoms with Crippen molar-refractivity contribution in [3.8, 4) is 0 Å². The van der Waals surface area contributed by atoms with Gasteiger partial charge in [-0.15, -0.1) is 0 Å². The Hall–Kier alpha value is -0.650. The Bertz CT molecular complexity index is 275. The van der Waals surface area contributed by atoms with Crippen molar-refractivity contribution in [2.75, 3.05) is 19.8 Å². The van der Waals surface area contributed by atoms with Crippen LogP contribution in [0.2, 0.25) is 0 Å². The number of carboxylic acid groups (broad SMARTS) is 1. The van der Waals surface area contributed by atoms with Gasteiger partial charge in [-0.1, -0.05) is 6.42 Å². The van der Waals surface area contributed by atoms with Gasteiger partial charge in [0.25, 0.3) is 0 Å². The molecule has 0 aromatic rings. The van der Waals surface area contributed by atoms with Crippen molar-refractivity contribution in [3.63, 3.8) is 0 Å². The highest BCUT2D eigenvalue weighted by Crippen LogP contribution is 2.29. The van der Waals surface area contributed by atoms with Crippen LogP contribution in [0.1, 0.15) is 44.9 Å². The minimum Gasteiger partial charge on any atom is -0.480 e. The minimum atomic E-state index is -0.904. The fraction of sp³-hybridized carbons (Fsp3) is 0.929. The molecule has 5 heteroatoms. The van der Waals surface area contributed by atoms with E-state index in [1.54, 1.807) is 0 Å². The first kappa shape index (κ1) is 14.8. The van der Waals surface area contributed by atoms with E-state index in [2.05, 4.69) is 0 Å². The number of aliphatic carboxylic acids is 1. The van der Waals surface area contributed by atoms with Crippen LogP contribution < -0.4 is 0 Å². The van der Waals surface area contributed by atoms with Crippen molar-refractivity contribution in [2.24, 2.45) is 5.92 Å². The van der Waals surface area contributed by atoms with E-state index in [9.17, 15) is 4.79 Å². The maximum absolute atomic E-state index is 10.4. The lowest BCUT2D eigenvalue weighted by Gasteiger charge is -2.33. The number of carboxylic acids is 1. The number of rotatable bonds is 6. The highest BCUT2D eigenvalue weighted by Gasteiger charge is 2.26. The van der Waals surface area contributed by atoms with Gasteiger partial charge in [-0.25, -0.2) is 4.79 Å². The van der Waals surface area contributed by atoms with Crippen LogP contribution in [-0.4, -0.2) is 43.3 Å². The van der Waals surface area contributed by atoms with E-state index < -0.39 is 5.97 Å². The minimum absolute atomic E-state index is 0.0302. The van der Waals surface area contributed by atoms with Gasteiger partial charge in [0.1, 0.15) is 6.61 Å². The first-order valence-corrected chi connectivity index (χ1v) is 7.30. The first-order valence-electron chi connectivity index (χ1n) is 7.30. The molecule has 1 saturated carbocycles. The molecule has 0 spiro atoms. The van der Waals surface area contributed by atoms with Crippen molar-refractivity contribution in [2.45, 2.75) is 57.3 Å². The topological polar surface area (TPSA) is 65.0 Å². The van der Waals surface area contributed by atoms with Gasteiger partial charge in [0.15, 0.2) is 6.29 Å². The molecule has 0 bridgehead atoms. The molecule has 5 nitrogen and oxygen atoms in total. The average molecular weight is 272 g/mol. The second-order valence-corrected chi connectivity index (χ2v) is 5.50. The molecule has 1 unspecified atom stereocenters. The van der Waals surface area contributed by atoms with Gasteiger partial charge in [-0.2, -0.15) is 0 Å². The zero-order valence-corrected chi connectivity index (χ0v) is 11.4. The molecule has 1 heterocycles. The SMILES string of the molecule is O=C(O)COC[C@@H]1CCC[C@H](OC2CCCCO2)C1. The lowest BCUT2D eigenvalue weighted by atomic mass is 9.87. The standard InChI is InChI=1S/C14H24O5/c15-13(16)10-17-9-11-4-3-5-12(8-11)19-14-6-1-2-7-18-14/h11-12,14H,1-10H2,(H,15,16)/t11-,12+,14?/m1/s1. The Balaban J connectivity index is 1.66. The monoisotopic (exact) mass is 272 g/mol. The van der Waals surface area contributed by atoms with Crippen LogP contribution >= 0.6 is 0 Å². The summed E-state index contributed by atoms with van der Waals surface area (Å²) in [6.07, 6.45) is 7.79. The van der Waals surface area contributed by atoms with Crippen molar-refractivity contribution >= 4 is 5.97 Å². The number of hydrogen-bond acceptors (Lipinski definition) is 4. The van der Waals surface area contributed by atoms with E-state index in [1.807, 2.05) is 0 Å². The molecule has 1 N–H and O–H groups in total. The second kappa shape index (κ2) is 7.82. The highest BCUT2D eigenvalue weighted by atomic mass is 16.7. The summed E-state index contributed by atoms with van der Waals surface area (Å²) >= 11 is 0. The average Bonchev–Trinajstić information content (AvgIpc) is 2.40. The van der Waals surface area contributed by atoms with Crippen LogP contribution in [-0.2, 0) is 19.0 Å². The summed E-state index contributed by atoms with van der Waals surface area (Å²) in [6.45, 7) is 1.13. The maximum atomic E-state index is 10.4. The Morgan fingerprint density at radius 3 is 2.84 bits per heavy atom. The normalized spacial score (nSPS) is 32.1. The first-order chi connectivity index (χ1) is 9.24. The third kappa shape index (κ3) is 5.47. The predicted octanol–water partition coefficient (Wildman–Crippen LogP) is 2.19. The van der Waals surface area contributed by atoms with Crippen LogP contribution in [0.25, 0.3) is 0 Å². The number of hydrogen-bond donors (Lipinski definition) is 1. The summed E-state index contributed by atoms with van der Waals surface area (Å²) in [5.74, 6) is -0.485. The molecule has 3 atom stereocenters. The fourth-order valence-electron chi connectivity index (χ4n) is 2.86. The van der Waals surface area contributed by atoms with Crippen LogP contribution in [0.4, 0.5) is 0 Å². The van der Waals surface area contributed by atoms with Crippen LogP contribution in [0.15, 0.2) is 0 Å². The van der Waals surface area contributed by atoms with Gasteiger partial charge in [0, 0.05) is 6.61 Å². The third-order valence-electron chi connectivity index (χ3n) is 3.80. The summed E-state index contributed by atoms with van der Waals surface area (Å²) in [5, 5.41) is 8.55. The molecular formula is C14H24O5. The molecule has 19 heavy (non-hydrogen) atoms. The molecule has 0 aromatic heterocycles. The Morgan fingerprint density at radius 2 is 2.11 bits per heavy atom. The van der Waals surface area contributed by atoms with E-state index in [0.29, 0.717) is 12.5 Å². The molecule has 2 aliphatic rings. The van der Waals surface area contributed by atoms with E-state index in [-0.39, 0.29) is 19.0 Å². The van der Waals surface area contributed by atoms with Crippen LogP contribution in [0.5, 0.6) is 0 Å². The zero-order chi connectivity index (χ0) is 13.5. The van der Waals surface area contributed by atoms with E-state index >= 15 is 0 Å². The van der Waals surface area contributed by atoms with Crippen molar-refractivity contribution in [1.82, 2.24) is 0 Å². The number of ether oxygens (including phenoxy) is 3. The highest BCUT2D eigenvalue weighted by molar-refractivity contribution is 5.67. The van der Waals surface area contributed by atoms with Crippen LogP contribution in [0.3, 0.4) is 0 Å². The van der Waals surface area contributed by atoms with Crippen LogP contribution in [0, 0.1) is 5.92 Å². The lowest BCUT2D eigenvalue weighted by molar-refractivity contribution is -0.197. The molecule has 0 radical (unpaired) electrons. The molecule has 1 aliphatic heterocycles. The molecule has 110 valence electrons. The van der Waals surface area contributed by atoms with Gasteiger partial charge in [-0.3, -0.25) is 0 Å². The molecule has 2 rings (SSSR count). The van der Waals surface area contributed by atoms with Crippen molar-refractivity contribution in [3.05, 3.63) is 0 Å². The zero-order valence-electron chi connectivity index (χ0n) is 11.4. The largest absolute Gasteiger partial charge is 0.480 e. The summed E-state index contributed by atoms with van der Waals surface area (Å²) in [6, 6.07) is 0. The smallest absolute Gasteiger partial charge is 0.329 e. The van der Waals surface area contributed by atoms with Gasteiger partial charge < -0.3 is 19.3 Å². The number of carbonyl (C=O) groups is 1. The molecule has 0 aromatic carbocycles. The van der Waals surface area contributed by atoms with E-state index in [1.165, 1.54) is 6.42 Å². The summed E-state index contributed by atoms with van der Waals surface area (Å²) in [4.78, 5) is 10.4. The van der Waals surface area contributed by atoms with Crippen molar-refractivity contribution in [1.29, 1.82) is 0 Å². The Morgan fingerprint density at radius 1 is 1.21 bits per heavy atom. The third-order valence-corrected chi connectivity index (χ3v) is 3.80. The molecule has 1 saturated heterocycles. The van der Waals surface area contributed by atoms with Gasteiger partial charge in [0.2, 0.25) is 0 Å². The predicted molar refractivity (Wildman–Crippen MR) is 68.9 cm³/mol. The molecule has 0 amide bonds. The summed E-state index contributed by atoms with van der Waals surface area (Å²) in [7, 11) is 0. The Kier molecular flexibility index (Phi) is 6.07. The van der Waals surface area contributed by atoms with Gasteiger partial charge in [-0.05, 0) is 44.4 Å². The maximum Gasteiger partial charge on any atom is 0.329 e. The summed E-state index contributed by atoms with van der Waals surface area (Å²) in [5.41, 5.74) is 0. The summed E-state index contributed by atoms with van der Waals surface area (Å²) < 4.78 is 16.8. The molecular weight excluding hydrogens is 248 g/mol. The lowest BCUT2D eigenvalue weighted by Crippen LogP contribution is -2.32. The fourth-order valence-corrected chi connectivity index (χ4v) is 2.86. The van der Waals surface area contributed by atoms with E-state index in [0.717, 1.165) is 45.1 Å². The quantitative estimate of drug-likeness (QED) is 0.803. The molecule has 2 fully saturated rings. The van der Waals surface area contributed by atoms with Gasteiger partial charge in [0.05, 0.1) is 12.7 Å². The second-order valence-electron chi connectivity index (χ2n) is 5.50. The van der Waals surface area contributed by atoms with Crippen molar-refractivity contribution < 1.29 is 24.1 Å². The van der Waals surface area contributed by atoms with Gasteiger partial charge >= 0.3 is 5.97 Å². The Labute approximate surface area is 114 Å². The van der Waals surface area contributed by atoms with E-state index in [4.69, 9.17) is 19.3 Å².